The van der Waals surface area contributed by atoms with Crippen LogP contribution in [0.1, 0.15) is 27.6 Å². The molecule has 1 aromatic carbocycles. The molecule has 0 bridgehead atoms. The number of ether oxygens (including phenoxy) is 2. The second-order valence-corrected chi connectivity index (χ2v) is 2.76. The van der Waals surface area contributed by atoms with Crippen LogP contribution in [-0.2, 0) is 4.74 Å². The van der Waals surface area contributed by atoms with Gasteiger partial charge < -0.3 is 9.47 Å². The number of aldehydes is 1. The third-order valence-corrected chi connectivity index (χ3v) is 1.90. The van der Waals surface area contributed by atoms with Crippen LogP contribution in [0.25, 0.3) is 0 Å². The van der Waals surface area contributed by atoms with Crippen molar-refractivity contribution in [1.82, 2.24) is 0 Å². The number of esters is 1. The van der Waals surface area contributed by atoms with E-state index in [4.69, 9.17) is 9.47 Å². The molecule has 4 heteroatoms. The molecule has 0 fully saturated rings. The SMILES string of the molecule is CCOC(=O)c1cccc(OC)c1C=O. The van der Waals surface area contributed by atoms with Crippen molar-refractivity contribution in [1.29, 1.82) is 0 Å². The molecule has 0 aliphatic rings. The van der Waals surface area contributed by atoms with Crippen LogP contribution in [0.2, 0.25) is 0 Å². The summed E-state index contributed by atoms with van der Waals surface area (Å²) in [6.45, 7) is 1.98. The van der Waals surface area contributed by atoms with E-state index < -0.39 is 5.97 Å². The minimum Gasteiger partial charge on any atom is -0.496 e. The maximum absolute atomic E-state index is 11.5. The Balaban J connectivity index is 3.16. The Morgan fingerprint density at radius 3 is 2.73 bits per heavy atom. The summed E-state index contributed by atoms with van der Waals surface area (Å²) >= 11 is 0. The zero-order valence-electron chi connectivity index (χ0n) is 8.65. The van der Waals surface area contributed by atoms with Gasteiger partial charge in [-0.2, -0.15) is 0 Å². The Hall–Kier alpha value is -1.84. The van der Waals surface area contributed by atoms with Crippen LogP contribution in [0.5, 0.6) is 5.75 Å². The number of benzene rings is 1. The van der Waals surface area contributed by atoms with Crippen molar-refractivity contribution in [3.8, 4) is 5.75 Å². The highest BCUT2D eigenvalue weighted by Gasteiger charge is 2.15. The topological polar surface area (TPSA) is 52.6 Å². The Morgan fingerprint density at radius 1 is 1.47 bits per heavy atom. The molecule has 0 aliphatic carbocycles. The number of hydrogen-bond acceptors (Lipinski definition) is 4. The third kappa shape index (κ3) is 2.34. The lowest BCUT2D eigenvalue weighted by Crippen LogP contribution is -2.08. The lowest BCUT2D eigenvalue weighted by Gasteiger charge is -2.07. The van der Waals surface area contributed by atoms with Gasteiger partial charge in [0.25, 0.3) is 0 Å². The first-order chi connectivity index (χ1) is 7.24. The molecule has 0 N–H and O–H groups in total. The molecule has 0 radical (unpaired) electrons. The molecule has 15 heavy (non-hydrogen) atoms. The van der Waals surface area contributed by atoms with Gasteiger partial charge in [0.05, 0.1) is 24.8 Å². The van der Waals surface area contributed by atoms with Crippen molar-refractivity contribution in [3.63, 3.8) is 0 Å². The first-order valence-electron chi connectivity index (χ1n) is 4.53. The first-order valence-corrected chi connectivity index (χ1v) is 4.53. The van der Waals surface area contributed by atoms with Crippen LogP contribution in [0.15, 0.2) is 18.2 Å². The van der Waals surface area contributed by atoms with E-state index in [0.29, 0.717) is 12.0 Å². The summed E-state index contributed by atoms with van der Waals surface area (Å²) in [4.78, 5) is 22.3. The van der Waals surface area contributed by atoms with Gasteiger partial charge >= 0.3 is 5.97 Å². The van der Waals surface area contributed by atoms with Crippen molar-refractivity contribution in [2.75, 3.05) is 13.7 Å². The zero-order chi connectivity index (χ0) is 11.3. The molecule has 1 rings (SSSR count). The van der Waals surface area contributed by atoms with Crippen molar-refractivity contribution >= 4 is 12.3 Å². The van der Waals surface area contributed by atoms with E-state index in [2.05, 4.69) is 0 Å². The maximum atomic E-state index is 11.5. The molecule has 0 heterocycles. The zero-order valence-corrected chi connectivity index (χ0v) is 8.65. The van der Waals surface area contributed by atoms with Crippen molar-refractivity contribution in [2.45, 2.75) is 6.92 Å². The highest BCUT2D eigenvalue weighted by atomic mass is 16.5. The van der Waals surface area contributed by atoms with Crippen molar-refractivity contribution in [2.24, 2.45) is 0 Å². The van der Waals surface area contributed by atoms with Gasteiger partial charge in [-0.25, -0.2) is 4.79 Å². The second kappa shape index (κ2) is 5.14. The van der Waals surface area contributed by atoms with Crippen molar-refractivity contribution in [3.05, 3.63) is 29.3 Å². The molecule has 0 saturated heterocycles. The molecule has 0 aromatic heterocycles. The molecule has 0 amide bonds. The minimum atomic E-state index is -0.515. The molecule has 0 aliphatic heterocycles. The monoisotopic (exact) mass is 208 g/mol. The van der Waals surface area contributed by atoms with Crippen LogP contribution in [0.3, 0.4) is 0 Å². The summed E-state index contributed by atoms with van der Waals surface area (Å²) in [5.41, 5.74) is 0.449. The van der Waals surface area contributed by atoms with Gasteiger partial charge in [-0.1, -0.05) is 6.07 Å². The van der Waals surface area contributed by atoms with Crippen LogP contribution in [-0.4, -0.2) is 26.0 Å². The molecule has 4 nitrogen and oxygen atoms in total. The quantitative estimate of drug-likeness (QED) is 0.558. The minimum absolute atomic E-state index is 0.221. The Labute approximate surface area is 87.8 Å². The van der Waals surface area contributed by atoms with E-state index in [1.807, 2.05) is 0 Å². The van der Waals surface area contributed by atoms with Gasteiger partial charge in [0, 0.05) is 0 Å². The first kappa shape index (κ1) is 11.2. The fourth-order valence-corrected chi connectivity index (χ4v) is 1.23. The Morgan fingerprint density at radius 2 is 2.20 bits per heavy atom. The van der Waals surface area contributed by atoms with Crippen LogP contribution < -0.4 is 4.74 Å². The lowest BCUT2D eigenvalue weighted by atomic mass is 10.1. The Bertz CT molecular complexity index is 371. The van der Waals surface area contributed by atoms with Gasteiger partial charge in [0.15, 0.2) is 6.29 Å². The number of rotatable bonds is 4. The normalized spacial score (nSPS) is 9.47. The number of hydrogen-bond donors (Lipinski definition) is 0. The Kier molecular flexibility index (Phi) is 3.85. The van der Waals surface area contributed by atoms with Crippen LogP contribution in [0, 0.1) is 0 Å². The largest absolute Gasteiger partial charge is 0.496 e. The van der Waals surface area contributed by atoms with Gasteiger partial charge in [-0.05, 0) is 19.1 Å². The summed E-state index contributed by atoms with van der Waals surface area (Å²) < 4.78 is 9.78. The second-order valence-electron chi connectivity index (χ2n) is 2.76. The predicted octanol–water partition coefficient (Wildman–Crippen LogP) is 1.68. The van der Waals surface area contributed by atoms with E-state index in [1.165, 1.54) is 13.2 Å². The lowest BCUT2D eigenvalue weighted by molar-refractivity contribution is 0.0523. The van der Waals surface area contributed by atoms with E-state index in [-0.39, 0.29) is 17.7 Å². The van der Waals surface area contributed by atoms with E-state index >= 15 is 0 Å². The van der Waals surface area contributed by atoms with Gasteiger partial charge in [0.2, 0.25) is 0 Å². The molecule has 1 aromatic rings. The standard InChI is InChI=1S/C11H12O4/c1-3-15-11(13)8-5-4-6-10(14-2)9(8)7-12/h4-7H,3H2,1-2H3. The smallest absolute Gasteiger partial charge is 0.338 e. The summed E-state index contributed by atoms with van der Waals surface area (Å²) in [6.07, 6.45) is 0.588. The fraction of sp³-hybridized carbons (Fsp3) is 0.273. The molecule has 0 saturated carbocycles. The molecule has 0 spiro atoms. The number of methoxy groups -OCH3 is 1. The van der Waals surface area contributed by atoms with Gasteiger partial charge in [0.1, 0.15) is 5.75 Å². The summed E-state index contributed by atoms with van der Waals surface area (Å²) in [6, 6.07) is 4.79. The number of carbonyl (C=O) groups excluding carboxylic acids is 2. The molecule has 0 unspecified atom stereocenters. The molecule has 80 valence electrons. The summed E-state index contributed by atoms with van der Waals surface area (Å²) in [7, 11) is 1.44. The highest BCUT2D eigenvalue weighted by Crippen LogP contribution is 2.20. The average Bonchev–Trinajstić information content (AvgIpc) is 2.28. The summed E-state index contributed by atoms with van der Waals surface area (Å²) in [5, 5.41) is 0. The summed E-state index contributed by atoms with van der Waals surface area (Å²) in [5.74, 6) is -0.144. The highest BCUT2D eigenvalue weighted by molar-refractivity contribution is 5.99. The van der Waals surface area contributed by atoms with Crippen LogP contribution in [0.4, 0.5) is 0 Å². The average molecular weight is 208 g/mol. The number of carbonyl (C=O) groups is 2. The van der Waals surface area contributed by atoms with Gasteiger partial charge in [-0.3, -0.25) is 4.79 Å². The van der Waals surface area contributed by atoms with E-state index in [0.717, 1.165) is 0 Å². The third-order valence-electron chi connectivity index (χ3n) is 1.90. The van der Waals surface area contributed by atoms with E-state index in [1.54, 1.807) is 19.1 Å². The van der Waals surface area contributed by atoms with Gasteiger partial charge in [-0.15, -0.1) is 0 Å². The predicted molar refractivity (Wildman–Crippen MR) is 54.3 cm³/mol. The molecule has 0 atom stereocenters. The maximum Gasteiger partial charge on any atom is 0.338 e. The fourth-order valence-electron chi connectivity index (χ4n) is 1.23. The van der Waals surface area contributed by atoms with Crippen LogP contribution >= 0.6 is 0 Å². The van der Waals surface area contributed by atoms with E-state index in [9.17, 15) is 9.59 Å². The molecular weight excluding hydrogens is 196 g/mol. The van der Waals surface area contributed by atoms with Crippen molar-refractivity contribution < 1.29 is 19.1 Å². The molecular formula is C11H12O4.